The average Bonchev–Trinajstić information content (AvgIpc) is 2.66. The molecule has 27 heavy (non-hydrogen) atoms. The van der Waals surface area contributed by atoms with Crippen LogP contribution in [0.4, 0.5) is 5.69 Å². The molecule has 9 heteroatoms. The number of nitrogens with one attached hydrogen (secondary N) is 1. The van der Waals surface area contributed by atoms with Crippen LogP contribution >= 0.6 is 0 Å². The molecule has 1 saturated heterocycles. The van der Waals surface area contributed by atoms with Gasteiger partial charge in [-0.05, 0) is 37.5 Å². The highest BCUT2D eigenvalue weighted by Crippen LogP contribution is 2.25. The molecule has 2 aliphatic rings. The van der Waals surface area contributed by atoms with Gasteiger partial charge in [-0.2, -0.15) is 9.41 Å². The summed E-state index contributed by atoms with van der Waals surface area (Å²) in [4.78, 5) is 24.2. The normalized spacial score (nSPS) is 19.0. The summed E-state index contributed by atoms with van der Waals surface area (Å²) in [6.45, 7) is 2.84. The number of sulfonamides is 1. The Balaban J connectivity index is 1.82. The summed E-state index contributed by atoms with van der Waals surface area (Å²) in [5, 5.41) is 7.89. The Bertz CT molecular complexity index is 889. The van der Waals surface area contributed by atoms with Gasteiger partial charge in [-0.15, -0.1) is 0 Å². The van der Waals surface area contributed by atoms with Crippen LogP contribution in [0.15, 0.2) is 28.2 Å². The van der Waals surface area contributed by atoms with Crippen molar-refractivity contribution in [3.05, 3.63) is 23.8 Å². The van der Waals surface area contributed by atoms with Crippen molar-refractivity contribution in [2.24, 2.45) is 5.10 Å². The zero-order chi connectivity index (χ0) is 19.6. The van der Waals surface area contributed by atoms with Crippen molar-refractivity contribution in [3.8, 4) is 0 Å². The monoisotopic (exact) mass is 392 g/mol. The predicted molar refractivity (Wildman–Crippen MR) is 102 cm³/mol. The number of hydrogen-bond donors (Lipinski definition) is 1. The molecule has 1 aromatic carbocycles. The third-order valence-electron chi connectivity index (χ3n) is 4.88. The van der Waals surface area contributed by atoms with Crippen molar-refractivity contribution in [2.45, 2.75) is 43.9 Å². The van der Waals surface area contributed by atoms with Crippen LogP contribution in [0.25, 0.3) is 0 Å². The van der Waals surface area contributed by atoms with Crippen LogP contribution < -0.4 is 5.32 Å². The summed E-state index contributed by atoms with van der Waals surface area (Å²) < 4.78 is 27.2. The fraction of sp³-hybridized carbons (Fsp3) is 0.500. The topological polar surface area (TPSA) is 99.2 Å². The minimum absolute atomic E-state index is 0.141. The molecule has 0 radical (unpaired) electrons. The highest BCUT2D eigenvalue weighted by Gasteiger charge is 2.27. The Hall–Kier alpha value is -2.26. The second kappa shape index (κ2) is 7.77. The van der Waals surface area contributed by atoms with Crippen molar-refractivity contribution >= 4 is 33.2 Å². The van der Waals surface area contributed by atoms with Crippen LogP contribution in [-0.4, -0.2) is 55.4 Å². The molecule has 1 fully saturated rings. The van der Waals surface area contributed by atoms with Crippen LogP contribution in [-0.2, 0) is 19.6 Å². The minimum Gasteiger partial charge on any atom is -0.321 e. The Kier molecular flexibility index (Phi) is 5.61. The highest BCUT2D eigenvalue weighted by molar-refractivity contribution is 7.89. The van der Waals surface area contributed by atoms with Crippen LogP contribution in [0, 0.1) is 6.92 Å². The second-order valence-electron chi connectivity index (χ2n) is 6.86. The molecular formula is C18H24N4O4S. The maximum Gasteiger partial charge on any atom is 0.271 e. The lowest BCUT2D eigenvalue weighted by molar-refractivity contribution is -0.130. The number of carbonyl (C=O) groups excluding carboxylic acids is 2. The van der Waals surface area contributed by atoms with E-state index in [4.69, 9.17) is 0 Å². The van der Waals surface area contributed by atoms with E-state index in [1.807, 2.05) is 0 Å². The molecule has 0 aromatic heterocycles. The number of aryl methyl sites for hydroxylation is 1. The second-order valence-corrected chi connectivity index (χ2v) is 8.80. The number of nitrogens with zero attached hydrogens (tertiary/aromatic N) is 3. The van der Waals surface area contributed by atoms with Crippen molar-refractivity contribution < 1.29 is 18.0 Å². The summed E-state index contributed by atoms with van der Waals surface area (Å²) >= 11 is 0. The van der Waals surface area contributed by atoms with E-state index in [-0.39, 0.29) is 29.4 Å². The Labute approximate surface area is 159 Å². The molecule has 146 valence electrons. The molecule has 0 unspecified atom stereocenters. The van der Waals surface area contributed by atoms with Crippen LogP contribution in [0.3, 0.4) is 0 Å². The molecule has 8 nitrogen and oxygen atoms in total. The van der Waals surface area contributed by atoms with Gasteiger partial charge in [0.2, 0.25) is 15.9 Å². The van der Waals surface area contributed by atoms with E-state index in [9.17, 15) is 18.0 Å². The van der Waals surface area contributed by atoms with Gasteiger partial charge in [-0.25, -0.2) is 13.4 Å². The summed E-state index contributed by atoms with van der Waals surface area (Å²) in [5.74, 6) is -0.567. The van der Waals surface area contributed by atoms with Crippen LogP contribution in [0.5, 0.6) is 0 Å². The lowest BCUT2D eigenvalue weighted by Gasteiger charge is -2.26. The lowest BCUT2D eigenvalue weighted by atomic mass is 10.1. The van der Waals surface area contributed by atoms with E-state index in [1.165, 1.54) is 17.4 Å². The van der Waals surface area contributed by atoms with Crippen molar-refractivity contribution in [2.75, 3.05) is 25.5 Å². The number of amides is 2. The lowest BCUT2D eigenvalue weighted by Crippen LogP contribution is -2.36. The van der Waals surface area contributed by atoms with Gasteiger partial charge in [0.25, 0.3) is 5.91 Å². The molecular weight excluding hydrogens is 368 g/mol. The number of rotatable bonds is 4. The standard InChI is InChI=1S/C18H24N4O4S/c1-13-6-7-14(27(25,26)22-10-4-3-5-11-22)12-16(13)19-18(24)15-8-9-17(23)21(2)20-15/h6-7,12H,3-5,8-11H2,1-2H3,(H,19,24). The first-order valence-corrected chi connectivity index (χ1v) is 10.5. The fourth-order valence-electron chi connectivity index (χ4n) is 3.18. The van der Waals surface area contributed by atoms with Gasteiger partial charge in [-0.1, -0.05) is 12.5 Å². The summed E-state index contributed by atoms with van der Waals surface area (Å²) in [6.07, 6.45) is 3.26. The van der Waals surface area contributed by atoms with E-state index < -0.39 is 15.9 Å². The molecule has 2 heterocycles. The summed E-state index contributed by atoms with van der Waals surface area (Å²) in [5.41, 5.74) is 1.43. The van der Waals surface area contributed by atoms with Crippen LogP contribution in [0.2, 0.25) is 0 Å². The fourth-order valence-corrected chi connectivity index (χ4v) is 4.72. The molecule has 0 bridgehead atoms. The number of carbonyl (C=O) groups is 2. The van der Waals surface area contributed by atoms with Gasteiger partial charge < -0.3 is 5.32 Å². The molecule has 0 spiro atoms. The highest BCUT2D eigenvalue weighted by atomic mass is 32.2. The van der Waals surface area contributed by atoms with Gasteiger partial charge in [0.15, 0.2) is 0 Å². The van der Waals surface area contributed by atoms with E-state index in [1.54, 1.807) is 19.1 Å². The first-order valence-electron chi connectivity index (χ1n) is 9.05. The molecule has 0 saturated carbocycles. The SMILES string of the molecule is Cc1ccc(S(=O)(=O)N2CCCCC2)cc1NC(=O)C1=NN(C)C(=O)CC1. The van der Waals surface area contributed by atoms with Crippen molar-refractivity contribution in [3.63, 3.8) is 0 Å². The van der Waals surface area contributed by atoms with Gasteiger partial charge in [0.1, 0.15) is 5.71 Å². The van der Waals surface area contributed by atoms with Crippen LogP contribution in [0.1, 0.15) is 37.7 Å². The third kappa shape index (κ3) is 4.19. The first kappa shape index (κ1) is 19.5. The molecule has 2 amide bonds. The number of anilines is 1. The zero-order valence-electron chi connectivity index (χ0n) is 15.6. The van der Waals surface area contributed by atoms with Crippen molar-refractivity contribution in [1.29, 1.82) is 0 Å². The molecule has 0 aliphatic carbocycles. The van der Waals surface area contributed by atoms with Gasteiger partial charge >= 0.3 is 0 Å². The van der Waals surface area contributed by atoms with E-state index in [0.29, 0.717) is 18.8 Å². The molecule has 3 rings (SSSR count). The molecule has 1 N–H and O–H groups in total. The maximum absolute atomic E-state index is 12.9. The average molecular weight is 392 g/mol. The number of hydrazone groups is 1. The first-order chi connectivity index (χ1) is 12.8. The number of piperidine rings is 1. The van der Waals surface area contributed by atoms with E-state index in [0.717, 1.165) is 29.8 Å². The largest absolute Gasteiger partial charge is 0.321 e. The van der Waals surface area contributed by atoms with Gasteiger partial charge in [-0.3, -0.25) is 9.59 Å². The maximum atomic E-state index is 12.9. The summed E-state index contributed by atoms with van der Waals surface area (Å²) in [6, 6.07) is 4.75. The molecule has 2 aliphatic heterocycles. The minimum atomic E-state index is -3.58. The van der Waals surface area contributed by atoms with Crippen molar-refractivity contribution in [1.82, 2.24) is 9.31 Å². The third-order valence-corrected chi connectivity index (χ3v) is 6.77. The Morgan fingerprint density at radius 2 is 1.85 bits per heavy atom. The zero-order valence-corrected chi connectivity index (χ0v) is 16.4. The smallest absolute Gasteiger partial charge is 0.271 e. The predicted octanol–water partition coefficient (Wildman–Crippen LogP) is 1.72. The number of hydrogen-bond acceptors (Lipinski definition) is 5. The Morgan fingerprint density at radius 1 is 1.15 bits per heavy atom. The number of benzene rings is 1. The molecule has 0 atom stereocenters. The molecule has 1 aromatic rings. The van der Waals surface area contributed by atoms with Gasteiger partial charge in [0.05, 0.1) is 4.90 Å². The summed E-state index contributed by atoms with van der Waals surface area (Å²) in [7, 11) is -2.07. The van der Waals surface area contributed by atoms with E-state index >= 15 is 0 Å². The van der Waals surface area contributed by atoms with E-state index in [2.05, 4.69) is 10.4 Å². The quantitative estimate of drug-likeness (QED) is 0.843. The van der Waals surface area contributed by atoms with Gasteiger partial charge in [0, 0.05) is 38.7 Å². The Morgan fingerprint density at radius 3 is 2.52 bits per heavy atom.